The van der Waals surface area contributed by atoms with Gasteiger partial charge in [0.1, 0.15) is 5.82 Å². The number of nitrogens with zero attached hydrogens (tertiary/aromatic N) is 2. The maximum absolute atomic E-state index is 11.6. The van der Waals surface area contributed by atoms with Gasteiger partial charge in [-0.2, -0.15) is 0 Å². The molecule has 1 fully saturated rings. The Balaban J connectivity index is 2.19. The molecule has 1 aromatic heterocycles. The molecule has 0 bridgehead atoms. The fraction of sp³-hybridized carbons (Fsp3) is 0.529. The molecular formula is C17H22N2O2. The summed E-state index contributed by atoms with van der Waals surface area (Å²) in [6, 6.07) is 5.81. The predicted octanol–water partition coefficient (Wildman–Crippen LogP) is 4.22. The minimum atomic E-state index is -0.871. The molecule has 1 heterocycles. The lowest BCUT2D eigenvalue weighted by Gasteiger charge is -2.12. The summed E-state index contributed by atoms with van der Waals surface area (Å²) in [5.41, 5.74) is 1.98. The summed E-state index contributed by atoms with van der Waals surface area (Å²) in [6.45, 7) is 6.44. The Morgan fingerprint density at radius 3 is 2.86 bits per heavy atom. The number of benzene rings is 1. The van der Waals surface area contributed by atoms with E-state index >= 15 is 0 Å². The SMILES string of the molecule is CCCC1CC1n1c(C(C)C)nc2cccc(C(=O)O)c21. The first-order valence-electron chi connectivity index (χ1n) is 7.78. The number of aromatic nitrogens is 2. The molecule has 112 valence electrons. The minimum Gasteiger partial charge on any atom is -0.478 e. The third-order valence-electron chi connectivity index (χ3n) is 4.36. The normalized spacial score (nSPS) is 21.1. The summed E-state index contributed by atoms with van der Waals surface area (Å²) in [5.74, 6) is 1.11. The Labute approximate surface area is 124 Å². The first kappa shape index (κ1) is 14.1. The summed E-state index contributed by atoms with van der Waals surface area (Å²) in [5, 5.41) is 9.49. The molecule has 0 radical (unpaired) electrons. The van der Waals surface area contributed by atoms with E-state index in [9.17, 15) is 9.90 Å². The van der Waals surface area contributed by atoms with Crippen molar-refractivity contribution in [2.45, 2.75) is 52.0 Å². The van der Waals surface area contributed by atoms with Gasteiger partial charge in [-0.15, -0.1) is 0 Å². The van der Waals surface area contributed by atoms with Gasteiger partial charge >= 0.3 is 5.97 Å². The maximum atomic E-state index is 11.6. The van der Waals surface area contributed by atoms with Gasteiger partial charge in [-0.3, -0.25) is 0 Å². The molecule has 0 amide bonds. The molecule has 3 rings (SSSR count). The summed E-state index contributed by atoms with van der Waals surface area (Å²) in [4.78, 5) is 16.3. The third-order valence-corrected chi connectivity index (χ3v) is 4.36. The van der Waals surface area contributed by atoms with Gasteiger partial charge in [0.2, 0.25) is 0 Å². The molecule has 2 unspecified atom stereocenters. The molecule has 0 saturated heterocycles. The lowest BCUT2D eigenvalue weighted by atomic mass is 10.1. The van der Waals surface area contributed by atoms with Crippen molar-refractivity contribution in [2.75, 3.05) is 0 Å². The lowest BCUT2D eigenvalue weighted by molar-refractivity contribution is 0.0698. The molecule has 1 aliphatic rings. The van der Waals surface area contributed by atoms with Crippen LogP contribution in [-0.4, -0.2) is 20.6 Å². The van der Waals surface area contributed by atoms with Gasteiger partial charge in [0.25, 0.3) is 0 Å². The largest absolute Gasteiger partial charge is 0.478 e. The van der Waals surface area contributed by atoms with Crippen molar-refractivity contribution in [2.24, 2.45) is 5.92 Å². The minimum absolute atomic E-state index is 0.293. The highest BCUT2D eigenvalue weighted by Crippen LogP contribution is 2.49. The Morgan fingerprint density at radius 1 is 1.48 bits per heavy atom. The summed E-state index contributed by atoms with van der Waals surface area (Å²) in [6.07, 6.45) is 3.53. The van der Waals surface area contributed by atoms with Gasteiger partial charge in [0, 0.05) is 12.0 Å². The molecule has 1 aromatic carbocycles. The van der Waals surface area contributed by atoms with Crippen LogP contribution in [-0.2, 0) is 0 Å². The molecule has 1 N–H and O–H groups in total. The van der Waals surface area contributed by atoms with Crippen molar-refractivity contribution in [3.63, 3.8) is 0 Å². The van der Waals surface area contributed by atoms with Crippen molar-refractivity contribution in [1.29, 1.82) is 0 Å². The lowest BCUT2D eigenvalue weighted by Crippen LogP contribution is -2.08. The molecule has 1 saturated carbocycles. The van der Waals surface area contributed by atoms with Crippen LogP contribution in [0.15, 0.2) is 18.2 Å². The van der Waals surface area contributed by atoms with Crippen LogP contribution in [0.1, 0.15) is 68.2 Å². The first-order valence-corrected chi connectivity index (χ1v) is 7.78. The van der Waals surface area contributed by atoms with Crippen LogP contribution in [0.2, 0.25) is 0 Å². The van der Waals surface area contributed by atoms with Gasteiger partial charge in [-0.1, -0.05) is 33.3 Å². The van der Waals surface area contributed by atoms with Crippen molar-refractivity contribution in [1.82, 2.24) is 9.55 Å². The van der Waals surface area contributed by atoms with Crippen LogP contribution >= 0.6 is 0 Å². The Hall–Kier alpha value is -1.84. The van der Waals surface area contributed by atoms with Crippen LogP contribution in [0.3, 0.4) is 0 Å². The van der Waals surface area contributed by atoms with E-state index in [0.717, 1.165) is 23.3 Å². The zero-order valence-electron chi connectivity index (χ0n) is 12.8. The van der Waals surface area contributed by atoms with E-state index in [-0.39, 0.29) is 0 Å². The van der Waals surface area contributed by atoms with Crippen molar-refractivity contribution < 1.29 is 9.90 Å². The van der Waals surface area contributed by atoms with Crippen LogP contribution in [0.25, 0.3) is 11.0 Å². The summed E-state index contributed by atoms with van der Waals surface area (Å²) >= 11 is 0. The van der Waals surface area contributed by atoms with Crippen LogP contribution in [0.5, 0.6) is 0 Å². The van der Waals surface area contributed by atoms with Gasteiger partial charge in [0.05, 0.1) is 16.6 Å². The second-order valence-corrected chi connectivity index (χ2v) is 6.32. The Kier molecular flexibility index (Phi) is 3.47. The van der Waals surface area contributed by atoms with Gasteiger partial charge in [0.15, 0.2) is 0 Å². The zero-order chi connectivity index (χ0) is 15.1. The highest BCUT2D eigenvalue weighted by molar-refractivity contribution is 6.01. The average Bonchev–Trinajstić information content (AvgIpc) is 3.07. The van der Waals surface area contributed by atoms with Crippen molar-refractivity contribution in [3.8, 4) is 0 Å². The number of aromatic carboxylic acids is 1. The molecule has 0 aliphatic heterocycles. The molecule has 2 aromatic rings. The van der Waals surface area contributed by atoms with E-state index in [0.29, 0.717) is 23.4 Å². The number of carboxylic acid groups (broad SMARTS) is 1. The number of carboxylic acids is 1. The van der Waals surface area contributed by atoms with Crippen molar-refractivity contribution >= 4 is 17.0 Å². The molecule has 2 atom stereocenters. The molecule has 4 nitrogen and oxygen atoms in total. The van der Waals surface area contributed by atoms with E-state index in [1.165, 1.54) is 12.8 Å². The quantitative estimate of drug-likeness (QED) is 0.895. The molecule has 21 heavy (non-hydrogen) atoms. The third kappa shape index (κ3) is 2.33. The van der Waals surface area contributed by atoms with E-state index in [4.69, 9.17) is 4.98 Å². The van der Waals surface area contributed by atoms with E-state index in [1.54, 1.807) is 12.1 Å². The topological polar surface area (TPSA) is 55.1 Å². The number of rotatable bonds is 5. The number of fused-ring (bicyclic) bond motifs is 1. The molecule has 0 spiro atoms. The standard InChI is InChI=1S/C17H22N2O2/c1-4-6-11-9-14(11)19-15-12(17(20)21)7-5-8-13(15)18-16(19)10(2)3/h5,7-8,10-11,14H,4,6,9H2,1-3H3,(H,20,21). The number of carbonyl (C=O) groups is 1. The Morgan fingerprint density at radius 2 is 2.24 bits per heavy atom. The van der Waals surface area contributed by atoms with Gasteiger partial charge < -0.3 is 9.67 Å². The Bertz CT molecular complexity index is 687. The number of hydrogen-bond acceptors (Lipinski definition) is 2. The van der Waals surface area contributed by atoms with E-state index < -0.39 is 5.97 Å². The second kappa shape index (κ2) is 5.17. The van der Waals surface area contributed by atoms with Gasteiger partial charge in [-0.25, -0.2) is 9.78 Å². The predicted molar refractivity (Wildman–Crippen MR) is 82.8 cm³/mol. The maximum Gasteiger partial charge on any atom is 0.337 e. The number of hydrogen-bond donors (Lipinski definition) is 1. The highest BCUT2D eigenvalue weighted by atomic mass is 16.4. The molecular weight excluding hydrogens is 264 g/mol. The molecule has 4 heteroatoms. The van der Waals surface area contributed by atoms with E-state index in [1.807, 2.05) is 6.07 Å². The smallest absolute Gasteiger partial charge is 0.337 e. The van der Waals surface area contributed by atoms with Crippen molar-refractivity contribution in [3.05, 3.63) is 29.6 Å². The summed E-state index contributed by atoms with van der Waals surface area (Å²) < 4.78 is 2.21. The van der Waals surface area contributed by atoms with Crippen LogP contribution < -0.4 is 0 Å². The first-order chi connectivity index (χ1) is 10.0. The number of para-hydroxylation sites is 1. The fourth-order valence-corrected chi connectivity index (χ4v) is 3.31. The van der Waals surface area contributed by atoms with Gasteiger partial charge in [-0.05, 0) is 30.9 Å². The monoisotopic (exact) mass is 286 g/mol. The van der Waals surface area contributed by atoms with Crippen LogP contribution in [0.4, 0.5) is 0 Å². The number of imidazole rings is 1. The fourth-order valence-electron chi connectivity index (χ4n) is 3.31. The summed E-state index contributed by atoms with van der Waals surface area (Å²) in [7, 11) is 0. The van der Waals surface area contributed by atoms with E-state index in [2.05, 4.69) is 25.3 Å². The average molecular weight is 286 g/mol. The molecule has 1 aliphatic carbocycles. The second-order valence-electron chi connectivity index (χ2n) is 6.32. The zero-order valence-corrected chi connectivity index (χ0v) is 12.8. The van der Waals surface area contributed by atoms with Crippen LogP contribution in [0, 0.1) is 5.92 Å². The highest BCUT2D eigenvalue weighted by Gasteiger charge is 2.40.